The number of aromatic nitrogens is 2. The lowest BCUT2D eigenvalue weighted by molar-refractivity contribution is 0.270. The van der Waals surface area contributed by atoms with Crippen LogP contribution >= 0.6 is 0 Å². The summed E-state index contributed by atoms with van der Waals surface area (Å²) >= 11 is 0. The second-order valence-corrected chi connectivity index (χ2v) is 6.09. The van der Waals surface area contributed by atoms with E-state index in [2.05, 4.69) is 5.10 Å². The molecule has 1 aromatic heterocycles. The molecule has 0 spiro atoms. The summed E-state index contributed by atoms with van der Waals surface area (Å²) in [4.78, 5) is 0. The molecule has 0 aliphatic carbocycles. The highest BCUT2D eigenvalue weighted by Crippen LogP contribution is 2.25. The fraction of sp³-hybridized carbons (Fsp3) is 0.667. The van der Waals surface area contributed by atoms with E-state index in [4.69, 9.17) is 10.8 Å². The molecular formula is C9H16N4O3S. The molecule has 0 saturated carbocycles. The first kappa shape index (κ1) is 12.3. The topological polar surface area (TPSA) is 101 Å². The molecule has 1 aliphatic heterocycles. The number of fused-ring (bicyclic) bond motifs is 1. The SMILES string of the molecule is CS(=O)(=O)N1CCc2nn(CCO)c(N)c2C1. The monoisotopic (exact) mass is 260 g/mol. The fourth-order valence-electron chi connectivity index (χ4n) is 1.97. The van der Waals surface area contributed by atoms with Crippen molar-refractivity contribution < 1.29 is 13.5 Å². The van der Waals surface area contributed by atoms with Gasteiger partial charge < -0.3 is 10.8 Å². The minimum Gasteiger partial charge on any atom is -0.394 e. The minimum atomic E-state index is -3.20. The van der Waals surface area contributed by atoms with Crippen LogP contribution in [0.25, 0.3) is 0 Å². The van der Waals surface area contributed by atoms with Crippen LogP contribution in [0.5, 0.6) is 0 Å². The second-order valence-electron chi connectivity index (χ2n) is 4.10. The van der Waals surface area contributed by atoms with Crippen molar-refractivity contribution in [1.82, 2.24) is 14.1 Å². The van der Waals surface area contributed by atoms with E-state index >= 15 is 0 Å². The predicted molar refractivity (Wildman–Crippen MR) is 62.7 cm³/mol. The molecule has 1 aliphatic rings. The van der Waals surface area contributed by atoms with E-state index in [0.717, 1.165) is 11.3 Å². The van der Waals surface area contributed by atoms with Gasteiger partial charge in [0.05, 0.1) is 25.1 Å². The number of aliphatic hydroxyl groups is 1. The van der Waals surface area contributed by atoms with E-state index in [1.165, 1.54) is 15.2 Å². The zero-order valence-corrected chi connectivity index (χ0v) is 10.4. The van der Waals surface area contributed by atoms with Crippen LogP contribution in [0.1, 0.15) is 11.3 Å². The van der Waals surface area contributed by atoms with Crippen molar-refractivity contribution in [2.24, 2.45) is 0 Å². The average Bonchev–Trinajstić information content (AvgIpc) is 2.55. The van der Waals surface area contributed by atoms with E-state index in [1.807, 2.05) is 0 Å². The Bertz CT molecular complexity index is 523. The third-order valence-electron chi connectivity index (χ3n) is 2.89. The Morgan fingerprint density at radius 2 is 2.24 bits per heavy atom. The van der Waals surface area contributed by atoms with Crippen molar-refractivity contribution in [3.05, 3.63) is 11.3 Å². The highest BCUT2D eigenvalue weighted by molar-refractivity contribution is 7.88. The fourth-order valence-corrected chi connectivity index (χ4v) is 2.76. The lowest BCUT2D eigenvalue weighted by atomic mass is 10.1. The first-order valence-corrected chi connectivity index (χ1v) is 7.18. The lowest BCUT2D eigenvalue weighted by Gasteiger charge is -2.23. The van der Waals surface area contributed by atoms with Crippen LogP contribution < -0.4 is 5.73 Å². The number of aliphatic hydroxyl groups excluding tert-OH is 1. The van der Waals surface area contributed by atoms with Gasteiger partial charge in [-0.15, -0.1) is 0 Å². The highest BCUT2D eigenvalue weighted by Gasteiger charge is 2.27. The van der Waals surface area contributed by atoms with Gasteiger partial charge in [-0.3, -0.25) is 0 Å². The highest BCUT2D eigenvalue weighted by atomic mass is 32.2. The van der Waals surface area contributed by atoms with Crippen molar-refractivity contribution in [2.75, 3.05) is 25.1 Å². The predicted octanol–water partition coefficient (Wildman–Crippen LogP) is -1.22. The number of nitrogen functional groups attached to an aromatic ring is 1. The maximum absolute atomic E-state index is 11.5. The van der Waals surface area contributed by atoms with Gasteiger partial charge in [0.15, 0.2) is 0 Å². The van der Waals surface area contributed by atoms with Gasteiger partial charge in [0.25, 0.3) is 0 Å². The molecule has 0 bridgehead atoms. The Balaban J connectivity index is 2.32. The van der Waals surface area contributed by atoms with Gasteiger partial charge in [-0.1, -0.05) is 0 Å². The molecule has 0 amide bonds. The third kappa shape index (κ3) is 2.28. The molecule has 0 atom stereocenters. The van der Waals surface area contributed by atoms with Crippen molar-refractivity contribution in [2.45, 2.75) is 19.5 Å². The van der Waals surface area contributed by atoms with E-state index < -0.39 is 10.0 Å². The normalized spacial score (nSPS) is 17.1. The molecule has 0 fully saturated rings. The largest absolute Gasteiger partial charge is 0.394 e. The van der Waals surface area contributed by atoms with Crippen LogP contribution in [0, 0.1) is 0 Å². The maximum Gasteiger partial charge on any atom is 0.211 e. The summed E-state index contributed by atoms with van der Waals surface area (Å²) in [5.74, 6) is 0.447. The van der Waals surface area contributed by atoms with Gasteiger partial charge in [-0.25, -0.2) is 13.1 Å². The van der Waals surface area contributed by atoms with Gasteiger partial charge in [-0.05, 0) is 0 Å². The second kappa shape index (κ2) is 4.28. The summed E-state index contributed by atoms with van der Waals surface area (Å²) < 4.78 is 25.8. The zero-order valence-electron chi connectivity index (χ0n) is 9.63. The Kier molecular flexibility index (Phi) is 3.11. The number of sulfonamides is 1. The van der Waals surface area contributed by atoms with Gasteiger partial charge >= 0.3 is 0 Å². The van der Waals surface area contributed by atoms with E-state index in [-0.39, 0.29) is 13.2 Å². The molecule has 0 saturated heterocycles. The molecule has 8 heteroatoms. The number of nitrogens with two attached hydrogens (primary N) is 1. The maximum atomic E-state index is 11.5. The van der Waals surface area contributed by atoms with Crippen molar-refractivity contribution in [1.29, 1.82) is 0 Å². The third-order valence-corrected chi connectivity index (χ3v) is 4.14. The van der Waals surface area contributed by atoms with E-state index in [9.17, 15) is 8.42 Å². The molecule has 1 aromatic rings. The smallest absolute Gasteiger partial charge is 0.211 e. The van der Waals surface area contributed by atoms with Crippen LogP contribution in [-0.2, 0) is 29.5 Å². The van der Waals surface area contributed by atoms with Gasteiger partial charge in [0.1, 0.15) is 5.82 Å². The summed E-state index contributed by atoms with van der Waals surface area (Å²) in [6, 6.07) is 0. The van der Waals surface area contributed by atoms with E-state index in [0.29, 0.717) is 25.3 Å². The minimum absolute atomic E-state index is 0.0411. The Labute approximate surface area is 99.9 Å². The molecule has 0 radical (unpaired) electrons. The average molecular weight is 260 g/mol. The summed E-state index contributed by atoms with van der Waals surface area (Å²) in [5.41, 5.74) is 7.47. The quantitative estimate of drug-likeness (QED) is 0.709. The van der Waals surface area contributed by atoms with Crippen LogP contribution in [0.4, 0.5) is 5.82 Å². The molecule has 17 heavy (non-hydrogen) atoms. The molecule has 2 rings (SSSR count). The molecule has 2 heterocycles. The number of anilines is 1. The van der Waals surface area contributed by atoms with Gasteiger partial charge in [-0.2, -0.15) is 9.40 Å². The number of nitrogens with zero attached hydrogens (tertiary/aromatic N) is 3. The zero-order chi connectivity index (χ0) is 12.6. The van der Waals surface area contributed by atoms with Crippen LogP contribution in [0.15, 0.2) is 0 Å². The van der Waals surface area contributed by atoms with Crippen molar-refractivity contribution >= 4 is 15.8 Å². The van der Waals surface area contributed by atoms with Crippen molar-refractivity contribution in [3.63, 3.8) is 0 Å². The molecule has 96 valence electrons. The van der Waals surface area contributed by atoms with Gasteiger partial charge in [0.2, 0.25) is 10.0 Å². The van der Waals surface area contributed by atoms with E-state index in [1.54, 1.807) is 0 Å². The molecule has 0 unspecified atom stereocenters. The first-order chi connectivity index (χ1) is 7.93. The number of hydrogen-bond donors (Lipinski definition) is 2. The lowest BCUT2D eigenvalue weighted by Crippen LogP contribution is -2.35. The Morgan fingerprint density at radius 3 is 2.82 bits per heavy atom. The van der Waals surface area contributed by atoms with Crippen LogP contribution in [0.2, 0.25) is 0 Å². The Morgan fingerprint density at radius 1 is 1.53 bits per heavy atom. The molecule has 7 nitrogen and oxygen atoms in total. The summed E-state index contributed by atoms with van der Waals surface area (Å²) in [6.07, 6.45) is 1.75. The van der Waals surface area contributed by atoms with Crippen LogP contribution in [0.3, 0.4) is 0 Å². The molecule has 3 N–H and O–H groups in total. The summed E-state index contributed by atoms with van der Waals surface area (Å²) in [5, 5.41) is 13.1. The van der Waals surface area contributed by atoms with Crippen LogP contribution in [-0.4, -0.2) is 47.0 Å². The number of hydrogen-bond acceptors (Lipinski definition) is 5. The standard InChI is InChI=1S/C9H16N4O3S/c1-17(15,16)12-3-2-8-7(6-12)9(10)13(11-8)4-5-14/h14H,2-6,10H2,1H3. The molecule has 0 aromatic carbocycles. The Hall–Kier alpha value is -1.12. The summed E-state index contributed by atoms with van der Waals surface area (Å²) in [7, 11) is -3.20. The van der Waals surface area contributed by atoms with Gasteiger partial charge in [0, 0.05) is 25.1 Å². The van der Waals surface area contributed by atoms with Crippen molar-refractivity contribution in [3.8, 4) is 0 Å². The number of rotatable bonds is 3. The summed E-state index contributed by atoms with van der Waals surface area (Å²) in [6.45, 7) is 0.991. The molecular weight excluding hydrogens is 244 g/mol. The first-order valence-electron chi connectivity index (χ1n) is 5.33.